The van der Waals surface area contributed by atoms with E-state index in [1.807, 2.05) is 48.6 Å². The summed E-state index contributed by atoms with van der Waals surface area (Å²) in [6.07, 6.45) is 1.51. The number of H-pyrrole nitrogens is 1. The number of hydrogen-bond acceptors (Lipinski definition) is 6. The monoisotopic (exact) mass is 585 g/mol. The van der Waals surface area contributed by atoms with E-state index in [1.54, 1.807) is 25.2 Å². The van der Waals surface area contributed by atoms with Gasteiger partial charge in [0, 0.05) is 74.5 Å². The first kappa shape index (κ1) is 30.3. The second-order valence-electron chi connectivity index (χ2n) is 9.76. The largest absolute Gasteiger partial charge is 0.490 e. The van der Waals surface area contributed by atoms with Crippen molar-refractivity contribution in [2.75, 3.05) is 51.8 Å². The molecule has 2 aliphatic heterocycles. The molecule has 10 nitrogen and oxygen atoms in total. The van der Waals surface area contributed by atoms with Crippen molar-refractivity contribution < 1.29 is 37.4 Å². The molecule has 2 amide bonds. The summed E-state index contributed by atoms with van der Waals surface area (Å²) in [6.45, 7) is 3.53. The fourth-order valence-corrected chi connectivity index (χ4v) is 4.49. The number of carboxylic acids is 1. The quantitative estimate of drug-likeness (QED) is 0.417. The third kappa shape index (κ3) is 7.35. The minimum absolute atomic E-state index is 0.0215. The van der Waals surface area contributed by atoms with Crippen LogP contribution in [-0.4, -0.2) is 90.9 Å². The number of morpholine rings is 1. The Kier molecular flexibility index (Phi) is 9.31. The number of carbonyl (C=O) groups is 3. The lowest BCUT2D eigenvalue weighted by atomic mass is 10.0. The molecule has 1 fully saturated rings. The van der Waals surface area contributed by atoms with E-state index >= 15 is 0 Å². The Morgan fingerprint density at radius 1 is 1.10 bits per heavy atom. The Morgan fingerprint density at radius 2 is 1.81 bits per heavy atom. The molecule has 0 atom stereocenters. The highest BCUT2D eigenvalue weighted by Gasteiger charge is 2.38. The Hall–Kier alpha value is -4.65. The lowest BCUT2D eigenvalue weighted by molar-refractivity contribution is -0.192. The van der Waals surface area contributed by atoms with Crippen LogP contribution >= 0.6 is 0 Å². The zero-order chi connectivity index (χ0) is 30.4. The summed E-state index contributed by atoms with van der Waals surface area (Å²) in [6, 6.07) is 11.7. The van der Waals surface area contributed by atoms with Gasteiger partial charge in [0.2, 0.25) is 0 Å². The number of nitrogens with one attached hydrogen (secondary N) is 2. The maximum atomic E-state index is 12.6. The molecule has 0 radical (unpaired) electrons. The van der Waals surface area contributed by atoms with E-state index in [1.165, 1.54) is 0 Å². The second kappa shape index (κ2) is 12.9. The topological polar surface area (TPSA) is 128 Å². The van der Waals surface area contributed by atoms with Crippen molar-refractivity contribution in [1.29, 1.82) is 0 Å². The molecule has 0 aliphatic carbocycles. The zero-order valence-electron chi connectivity index (χ0n) is 23.0. The number of fused-ring (bicyclic) bond motifs is 1. The van der Waals surface area contributed by atoms with Gasteiger partial charge in [-0.05, 0) is 42.0 Å². The number of halogens is 3. The van der Waals surface area contributed by atoms with Gasteiger partial charge < -0.3 is 29.9 Å². The first-order valence-electron chi connectivity index (χ1n) is 13.1. The van der Waals surface area contributed by atoms with Crippen LogP contribution in [0.25, 0.3) is 23.4 Å². The SMILES string of the molecule is CN(C)C(=O)c1ccc(/C=C/c2cc(-c3cc4c([nH]3)CCNC4=O)ccn2)c(N2CCOCC2)c1.O=C(O)C(F)(F)F. The summed E-state index contributed by atoms with van der Waals surface area (Å²) in [5, 5.41) is 10.0. The summed E-state index contributed by atoms with van der Waals surface area (Å²) in [4.78, 5) is 45.3. The summed E-state index contributed by atoms with van der Waals surface area (Å²) < 4.78 is 37.3. The fourth-order valence-electron chi connectivity index (χ4n) is 4.49. The number of carboxylic acid groups (broad SMARTS) is 1. The number of rotatable bonds is 5. The Morgan fingerprint density at radius 3 is 2.45 bits per heavy atom. The lowest BCUT2D eigenvalue weighted by Gasteiger charge is -2.30. The Balaban J connectivity index is 0.000000517. The first-order valence-corrected chi connectivity index (χ1v) is 13.1. The van der Waals surface area contributed by atoms with Crippen LogP contribution < -0.4 is 10.2 Å². The van der Waals surface area contributed by atoms with Gasteiger partial charge in [0.15, 0.2) is 0 Å². The van der Waals surface area contributed by atoms with E-state index in [4.69, 9.17) is 14.6 Å². The number of amides is 2. The molecule has 2 aliphatic rings. The highest BCUT2D eigenvalue weighted by molar-refractivity contribution is 5.98. The maximum Gasteiger partial charge on any atom is 0.490 e. The molecule has 3 aromatic rings. The average molecular weight is 586 g/mol. The Bertz CT molecular complexity index is 1490. The van der Waals surface area contributed by atoms with Crippen molar-refractivity contribution in [1.82, 2.24) is 20.2 Å². The molecule has 3 N–H and O–H groups in total. The van der Waals surface area contributed by atoms with Crippen molar-refractivity contribution in [3.05, 3.63) is 70.7 Å². The second-order valence-corrected chi connectivity index (χ2v) is 9.76. The van der Waals surface area contributed by atoms with E-state index in [-0.39, 0.29) is 11.8 Å². The number of pyridine rings is 1. The minimum Gasteiger partial charge on any atom is -0.475 e. The van der Waals surface area contributed by atoms with Gasteiger partial charge in [-0.15, -0.1) is 0 Å². The van der Waals surface area contributed by atoms with E-state index in [0.29, 0.717) is 30.9 Å². The molecule has 4 heterocycles. The van der Waals surface area contributed by atoms with Crippen LogP contribution in [0.1, 0.15) is 37.7 Å². The number of ether oxygens (including phenoxy) is 1. The fraction of sp³-hybridized carbons (Fsp3) is 0.310. The van der Waals surface area contributed by atoms with Crippen molar-refractivity contribution in [3.8, 4) is 11.3 Å². The highest BCUT2D eigenvalue weighted by Crippen LogP contribution is 2.28. The first-order chi connectivity index (χ1) is 19.9. The Labute approximate surface area is 239 Å². The molecule has 0 saturated carbocycles. The van der Waals surface area contributed by atoms with Gasteiger partial charge in [0.05, 0.1) is 24.5 Å². The summed E-state index contributed by atoms with van der Waals surface area (Å²) in [5.41, 5.74) is 7.06. The zero-order valence-corrected chi connectivity index (χ0v) is 23.0. The molecule has 0 spiro atoms. The molecule has 222 valence electrons. The number of carbonyl (C=O) groups excluding carboxylic acids is 2. The van der Waals surface area contributed by atoms with Crippen LogP contribution in [-0.2, 0) is 16.0 Å². The molecule has 2 aromatic heterocycles. The number of hydrogen-bond donors (Lipinski definition) is 3. The maximum absolute atomic E-state index is 12.6. The van der Waals surface area contributed by atoms with Crippen molar-refractivity contribution in [3.63, 3.8) is 0 Å². The van der Waals surface area contributed by atoms with Gasteiger partial charge in [-0.25, -0.2) is 4.79 Å². The smallest absolute Gasteiger partial charge is 0.475 e. The van der Waals surface area contributed by atoms with E-state index in [0.717, 1.165) is 53.4 Å². The molecule has 0 bridgehead atoms. The third-order valence-corrected chi connectivity index (χ3v) is 6.61. The number of anilines is 1. The minimum atomic E-state index is -5.08. The molecule has 0 unspecified atom stereocenters. The summed E-state index contributed by atoms with van der Waals surface area (Å²) in [7, 11) is 3.52. The van der Waals surface area contributed by atoms with Gasteiger partial charge in [0.25, 0.3) is 11.8 Å². The normalized spacial score (nSPS) is 15.0. The van der Waals surface area contributed by atoms with Crippen molar-refractivity contribution in [2.45, 2.75) is 12.6 Å². The van der Waals surface area contributed by atoms with Gasteiger partial charge in [0.1, 0.15) is 0 Å². The van der Waals surface area contributed by atoms with E-state index in [2.05, 4.69) is 20.2 Å². The van der Waals surface area contributed by atoms with E-state index in [9.17, 15) is 22.8 Å². The van der Waals surface area contributed by atoms with Gasteiger partial charge in [-0.2, -0.15) is 13.2 Å². The van der Waals surface area contributed by atoms with Crippen LogP contribution in [0.3, 0.4) is 0 Å². The summed E-state index contributed by atoms with van der Waals surface area (Å²) >= 11 is 0. The van der Waals surface area contributed by atoms with Crippen LogP contribution in [0.2, 0.25) is 0 Å². The van der Waals surface area contributed by atoms with Crippen LogP contribution in [0.4, 0.5) is 18.9 Å². The molecular weight excluding hydrogens is 555 g/mol. The molecule has 42 heavy (non-hydrogen) atoms. The highest BCUT2D eigenvalue weighted by atomic mass is 19.4. The number of alkyl halides is 3. The average Bonchev–Trinajstić information content (AvgIpc) is 3.42. The summed E-state index contributed by atoms with van der Waals surface area (Å²) in [5.74, 6) is -2.81. The number of aliphatic carboxylic acids is 1. The van der Waals surface area contributed by atoms with Crippen molar-refractivity contribution >= 4 is 35.6 Å². The van der Waals surface area contributed by atoms with Gasteiger partial charge >= 0.3 is 12.1 Å². The van der Waals surface area contributed by atoms with E-state index < -0.39 is 12.1 Å². The van der Waals surface area contributed by atoms with Crippen molar-refractivity contribution in [2.24, 2.45) is 0 Å². The molecule has 13 heteroatoms. The molecule has 1 aromatic carbocycles. The third-order valence-electron chi connectivity index (χ3n) is 6.61. The lowest BCUT2D eigenvalue weighted by Crippen LogP contribution is -2.36. The molecule has 5 rings (SSSR count). The van der Waals surface area contributed by atoms with Crippen LogP contribution in [0.5, 0.6) is 0 Å². The predicted molar refractivity (Wildman–Crippen MR) is 150 cm³/mol. The predicted octanol–water partition coefficient (Wildman–Crippen LogP) is 3.70. The molecule has 1 saturated heterocycles. The number of aromatic nitrogens is 2. The van der Waals surface area contributed by atoms with Crippen LogP contribution in [0, 0.1) is 0 Å². The number of aromatic amines is 1. The van der Waals surface area contributed by atoms with Gasteiger partial charge in [-0.1, -0.05) is 12.1 Å². The number of nitrogens with zero attached hydrogens (tertiary/aromatic N) is 3. The standard InChI is InChI=1S/C27H29N5O3.C2HF3O2/c1-31(2)27(34)20-4-3-18(25(16-20)32-11-13-35-14-12-32)5-6-21-15-19(7-9-28-21)24-17-22-23(30-24)8-10-29-26(22)33;3-2(4,5)1(6)7/h3-7,9,15-17,30H,8,10-14H2,1-2H3,(H,29,33);(H,6,7)/b6-5+;. The molecular formula is C29H30F3N5O5. The van der Waals surface area contributed by atoms with Gasteiger partial charge in [-0.3, -0.25) is 14.6 Å². The number of benzene rings is 1. The van der Waals surface area contributed by atoms with Crippen LogP contribution in [0.15, 0.2) is 42.6 Å².